The number of nitrogens with two attached hydrogens (primary N) is 1. The van der Waals surface area contributed by atoms with Crippen LogP contribution < -0.4 is 5.73 Å². The van der Waals surface area contributed by atoms with E-state index in [1.807, 2.05) is 0 Å². The van der Waals surface area contributed by atoms with E-state index in [1.165, 1.54) is 56.1 Å². The van der Waals surface area contributed by atoms with Gasteiger partial charge in [0.05, 0.1) is 5.69 Å². The Morgan fingerprint density at radius 2 is 1.82 bits per heavy atom. The van der Waals surface area contributed by atoms with Gasteiger partial charge >= 0.3 is 0 Å². The molecule has 2 N–H and O–H groups in total. The van der Waals surface area contributed by atoms with E-state index >= 15 is 0 Å². The van der Waals surface area contributed by atoms with Crippen LogP contribution in [0.1, 0.15) is 43.2 Å². The molecule has 0 aromatic heterocycles. The van der Waals surface area contributed by atoms with Crippen molar-refractivity contribution in [2.45, 2.75) is 44.9 Å². The second-order valence-corrected chi connectivity index (χ2v) is 5.32. The lowest BCUT2D eigenvalue weighted by Crippen LogP contribution is -2.20. The molecule has 17 heavy (non-hydrogen) atoms. The van der Waals surface area contributed by atoms with Crippen molar-refractivity contribution in [3.05, 3.63) is 29.3 Å². The van der Waals surface area contributed by atoms with Crippen LogP contribution in [0.3, 0.4) is 0 Å². The Kier molecular flexibility index (Phi) is 2.87. The monoisotopic (exact) mass is 228 g/mol. The van der Waals surface area contributed by atoms with Crippen LogP contribution in [0, 0.1) is 5.92 Å². The highest BCUT2D eigenvalue weighted by Crippen LogP contribution is 2.29. The van der Waals surface area contributed by atoms with E-state index < -0.39 is 0 Å². The van der Waals surface area contributed by atoms with Crippen LogP contribution in [-0.4, -0.2) is 5.84 Å². The molecular formula is C15H20N2. The third kappa shape index (κ3) is 2.21. The normalized spacial score (nSPS) is 20.8. The summed E-state index contributed by atoms with van der Waals surface area (Å²) >= 11 is 0. The number of nitrogens with zero attached hydrogens (tertiary/aromatic N) is 1. The highest BCUT2D eigenvalue weighted by molar-refractivity contribution is 5.85. The molecule has 1 aromatic carbocycles. The summed E-state index contributed by atoms with van der Waals surface area (Å²) in [7, 11) is 0. The SMILES string of the molecule is NC(=Nc1ccc2c(c1)CCC2)C1CCCC1. The number of rotatable bonds is 2. The van der Waals surface area contributed by atoms with Crippen molar-refractivity contribution >= 4 is 11.5 Å². The average molecular weight is 228 g/mol. The first-order valence-electron chi connectivity index (χ1n) is 6.79. The largest absolute Gasteiger partial charge is 0.387 e. The zero-order valence-corrected chi connectivity index (χ0v) is 10.3. The molecule has 90 valence electrons. The zero-order valence-electron chi connectivity index (χ0n) is 10.3. The van der Waals surface area contributed by atoms with Gasteiger partial charge in [-0.05, 0) is 55.4 Å². The molecule has 0 bridgehead atoms. The molecule has 2 nitrogen and oxygen atoms in total. The van der Waals surface area contributed by atoms with Gasteiger partial charge in [-0.2, -0.15) is 0 Å². The minimum Gasteiger partial charge on any atom is -0.387 e. The molecule has 0 radical (unpaired) electrons. The molecule has 0 aliphatic heterocycles. The van der Waals surface area contributed by atoms with Crippen LogP contribution in [0.2, 0.25) is 0 Å². The Labute approximate surface area is 103 Å². The Hall–Kier alpha value is -1.31. The lowest BCUT2D eigenvalue weighted by molar-refractivity contribution is 0.722. The zero-order chi connectivity index (χ0) is 11.7. The van der Waals surface area contributed by atoms with Gasteiger partial charge in [-0.1, -0.05) is 18.9 Å². The lowest BCUT2D eigenvalue weighted by atomic mass is 10.1. The fourth-order valence-electron chi connectivity index (χ4n) is 3.09. The van der Waals surface area contributed by atoms with Crippen molar-refractivity contribution < 1.29 is 0 Å². The summed E-state index contributed by atoms with van der Waals surface area (Å²) in [6, 6.07) is 6.57. The predicted molar refractivity (Wildman–Crippen MR) is 71.7 cm³/mol. The van der Waals surface area contributed by atoms with Crippen molar-refractivity contribution in [3.8, 4) is 0 Å². The third-order valence-electron chi connectivity index (χ3n) is 4.11. The maximum absolute atomic E-state index is 6.11. The molecule has 1 fully saturated rings. The van der Waals surface area contributed by atoms with Crippen LogP contribution >= 0.6 is 0 Å². The second kappa shape index (κ2) is 4.52. The molecule has 0 spiro atoms. The summed E-state index contributed by atoms with van der Waals surface area (Å²) in [6.07, 6.45) is 8.80. The van der Waals surface area contributed by atoms with Crippen molar-refractivity contribution in [1.29, 1.82) is 0 Å². The van der Waals surface area contributed by atoms with E-state index in [2.05, 4.69) is 23.2 Å². The van der Waals surface area contributed by atoms with Crippen LogP contribution in [0.25, 0.3) is 0 Å². The van der Waals surface area contributed by atoms with Gasteiger partial charge in [0.1, 0.15) is 5.84 Å². The van der Waals surface area contributed by atoms with Gasteiger partial charge in [0, 0.05) is 5.92 Å². The molecule has 2 aliphatic carbocycles. The van der Waals surface area contributed by atoms with Crippen LogP contribution in [0.5, 0.6) is 0 Å². The van der Waals surface area contributed by atoms with E-state index in [1.54, 1.807) is 0 Å². The first-order chi connectivity index (χ1) is 8.33. The third-order valence-corrected chi connectivity index (χ3v) is 4.11. The number of hydrogen-bond donors (Lipinski definition) is 1. The minimum atomic E-state index is 0.531. The number of amidine groups is 1. The predicted octanol–water partition coefficient (Wildman–Crippen LogP) is 3.35. The van der Waals surface area contributed by atoms with Crippen molar-refractivity contribution in [1.82, 2.24) is 0 Å². The van der Waals surface area contributed by atoms with Crippen molar-refractivity contribution in [2.24, 2.45) is 16.6 Å². The molecule has 2 aliphatic rings. The van der Waals surface area contributed by atoms with E-state index in [0.717, 1.165) is 11.5 Å². The summed E-state index contributed by atoms with van der Waals surface area (Å²) < 4.78 is 0. The van der Waals surface area contributed by atoms with Gasteiger partial charge in [0.25, 0.3) is 0 Å². The van der Waals surface area contributed by atoms with E-state index in [9.17, 15) is 0 Å². The Balaban J connectivity index is 1.82. The molecular weight excluding hydrogens is 208 g/mol. The molecule has 0 atom stereocenters. The Bertz CT molecular complexity index is 442. The quantitative estimate of drug-likeness (QED) is 0.612. The van der Waals surface area contributed by atoms with Gasteiger partial charge < -0.3 is 5.73 Å². The molecule has 0 unspecified atom stereocenters. The molecule has 1 aromatic rings. The van der Waals surface area contributed by atoms with Gasteiger partial charge in [0.15, 0.2) is 0 Å². The summed E-state index contributed by atoms with van der Waals surface area (Å²) in [4.78, 5) is 4.61. The van der Waals surface area contributed by atoms with Gasteiger partial charge in [0.2, 0.25) is 0 Å². The molecule has 0 heterocycles. The van der Waals surface area contributed by atoms with Crippen molar-refractivity contribution in [3.63, 3.8) is 0 Å². The highest BCUT2D eigenvalue weighted by Gasteiger charge is 2.18. The topological polar surface area (TPSA) is 38.4 Å². The summed E-state index contributed by atoms with van der Waals surface area (Å²) in [5.41, 5.74) is 10.1. The average Bonchev–Trinajstić information content (AvgIpc) is 2.99. The van der Waals surface area contributed by atoms with Crippen LogP contribution in [0.15, 0.2) is 23.2 Å². The van der Waals surface area contributed by atoms with E-state index in [4.69, 9.17) is 5.73 Å². The molecule has 1 saturated carbocycles. The minimum absolute atomic E-state index is 0.531. The van der Waals surface area contributed by atoms with E-state index in [-0.39, 0.29) is 0 Å². The lowest BCUT2D eigenvalue weighted by Gasteiger charge is -2.08. The molecule has 0 saturated heterocycles. The highest BCUT2D eigenvalue weighted by atomic mass is 14.9. The van der Waals surface area contributed by atoms with Crippen molar-refractivity contribution in [2.75, 3.05) is 0 Å². The summed E-state index contributed by atoms with van der Waals surface area (Å²) in [5, 5.41) is 0. The van der Waals surface area contributed by atoms with E-state index in [0.29, 0.717) is 5.92 Å². The van der Waals surface area contributed by atoms with Gasteiger partial charge in [-0.25, -0.2) is 4.99 Å². The summed E-state index contributed by atoms with van der Waals surface area (Å²) in [5.74, 6) is 1.38. The smallest absolute Gasteiger partial charge is 0.103 e. The van der Waals surface area contributed by atoms with Gasteiger partial charge in [-0.3, -0.25) is 0 Å². The number of benzene rings is 1. The fraction of sp³-hybridized carbons (Fsp3) is 0.533. The van der Waals surface area contributed by atoms with Crippen LogP contribution in [0.4, 0.5) is 5.69 Å². The molecule has 3 rings (SSSR count). The first kappa shape index (κ1) is 10.8. The standard InChI is InChI=1S/C15H20N2/c16-15(12-4-1-2-5-12)17-14-9-8-11-6-3-7-13(11)10-14/h8-10,12H,1-7H2,(H2,16,17). The van der Waals surface area contributed by atoms with Crippen LogP contribution in [-0.2, 0) is 12.8 Å². The number of aryl methyl sites for hydroxylation is 2. The second-order valence-electron chi connectivity index (χ2n) is 5.32. The molecule has 0 amide bonds. The Morgan fingerprint density at radius 1 is 1.06 bits per heavy atom. The molecule has 2 heteroatoms. The number of aliphatic imine (C=N–C) groups is 1. The number of hydrogen-bond acceptors (Lipinski definition) is 1. The first-order valence-corrected chi connectivity index (χ1v) is 6.79. The maximum Gasteiger partial charge on any atom is 0.103 e. The maximum atomic E-state index is 6.11. The fourth-order valence-corrected chi connectivity index (χ4v) is 3.09. The number of fused-ring (bicyclic) bond motifs is 1. The van der Waals surface area contributed by atoms with Gasteiger partial charge in [-0.15, -0.1) is 0 Å². The summed E-state index contributed by atoms with van der Waals surface area (Å²) in [6.45, 7) is 0. The Morgan fingerprint density at radius 3 is 2.65 bits per heavy atom.